The predicted octanol–water partition coefficient (Wildman–Crippen LogP) is 5.38. The lowest BCUT2D eigenvalue weighted by atomic mass is 9.99. The first-order valence-corrected chi connectivity index (χ1v) is 12.4. The Hall–Kier alpha value is 0.210. The van der Waals surface area contributed by atoms with E-state index >= 15 is 0 Å². The van der Waals surface area contributed by atoms with E-state index in [0.717, 1.165) is 12.8 Å². The van der Waals surface area contributed by atoms with Crippen LogP contribution in [0, 0.1) is 0 Å². The Kier molecular flexibility index (Phi) is 8.31. The van der Waals surface area contributed by atoms with Gasteiger partial charge in [0.2, 0.25) is 0 Å². The quantitative estimate of drug-likeness (QED) is 0.387. The number of esters is 1. The van der Waals surface area contributed by atoms with Crippen molar-refractivity contribution in [1.82, 2.24) is 0 Å². The van der Waals surface area contributed by atoms with Crippen molar-refractivity contribution in [2.45, 2.75) is 89.5 Å². The summed E-state index contributed by atoms with van der Waals surface area (Å²) in [6.45, 7) is 12.3. The molecular weight excluding hydrogens is 451 g/mol. The van der Waals surface area contributed by atoms with Gasteiger partial charge in [-0.05, 0) is 56.3 Å². The van der Waals surface area contributed by atoms with Crippen LogP contribution in [-0.2, 0) is 18.5 Å². The van der Waals surface area contributed by atoms with Gasteiger partial charge in [0.05, 0.1) is 24.7 Å². The van der Waals surface area contributed by atoms with Crippen molar-refractivity contribution in [3.63, 3.8) is 0 Å². The van der Waals surface area contributed by atoms with Gasteiger partial charge in [0.15, 0.2) is 0 Å². The Morgan fingerprint density at radius 2 is 1.80 bits per heavy atom. The smallest absolute Gasteiger partial charge is 0.309 e. The first-order valence-electron chi connectivity index (χ1n) is 8.80. The number of rotatable bonds is 5. The Labute approximate surface area is 169 Å². The monoisotopic (exact) mass is 486 g/mol. The van der Waals surface area contributed by atoms with Crippen molar-refractivity contribution < 1.29 is 18.5 Å². The average molecular weight is 486 g/mol. The Bertz CT molecular complexity index is 477. The Balaban J connectivity index is 2.88. The number of ether oxygens (including phenoxy) is 2. The fourth-order valence-electron chi connectivity index (χ4n) is 2.41. The van der Waals surface area contributed by atoms with Gasteiger partial charge >= 0.3 is 5.97 Å². The third kappa shape index (κ3) is 7.77. The minimum absolute atomic E-state index is 0.0388. The van der Waals surface area contributed by atoms with E-state index in [0.29, 0.717) is 0 Å². The van der Waals surface area contributed by atoms with E-state index in [9.17, 15) is 4.79 Å². The third-order valence-electron chi connectivity index (χ3n) is 4.41. The van der Waals surface area contributed by atoms with Crippen molar-refractivity contribution in [3.05, 3.63) is 10.2 Å². The SMILES string of the molecule is CC(C)(C)OC(=O)C[C@H]1O[C@@H](/C=C/I)CC[C@@H]1OS(C)(C)C(C)(C)C. The molecule has 0 radical (unpaired) electrons. The van der Waals surface area contributed by atoms with Gasteiger partial charge in [-0.15, -0.1) is 10.3 Å². The fourth-order valence-corrected chi connectivity index (χ4v) is 4.00. The molecule has 0 aromatic heterocycles. The molecule has 25 heavy (non-hydrogen) atoms. The highest BCUT2D eigenvalue weighted by molar-refractivity contribution is 14.1. The van der Waals surface area contributed by atoms with Gasteiger partial charge < -0.3 is 13.7 Å². The van der Waals surface area contributed by atoms with E-state index < -0.39 is 15.9 Å². The molecule has 0 unspecified atom stereocenters. The fraction of sp³-hybridized carbons (Fsp3) is 0.842. The molecule has 0 aromatic rings. The van der Waals surface area contributed by atoms with Gasteiger partial charge in [-0.1, -0.05) is 43.4 Å². The molecule has 1 heterocycles. The number of halogens is 1. The Morgan fingerprint density at radius 3 is 2.28 bits per heavy atom. The third-order valence-corrected chi connectivity index (χ3v) is 8.51. The lowest BCUT2D eigenvalue weighted by Crippen LogP contribution is -2.44. The molecule has 0 spiro atoms. The van der Waals surface area contributed by atoms with E-state index in [1.54, 1.807) is 0 Å². The van der Waals surface area contributed by atoms with Crippen LogP contribution in [0.5, 0.6) is 0 Å². The van der Waals surface area contributed by atoms with Crippen LogP contribution in [0.15, 0.2) is 10.2 Å². The first-order chi connectivity index (χ1) is 11.2. The van der Waals surface area contributed by atoms with Crippen molar-refractivity contribution >= 4 is 38.9 Å². The topological polar surface area (TPSA) is 44.8 Å². The molecule has 0 aliphatic carbocycles. The highest BCUT2D eigenvalue weighted by Gasteiger charge is 2.39. The highest BCUT2D eigenvalue weighted by Crippen LogP contribution is 2.55. The van der Waals surface area contributed by atoms with E-state index in [1.807, 2.05) is 30.9 Å². The van der Waals surface area contributed by atoms with Crippen LogP contribution in [0.25, 0.3) is 0 Å². The summed E-state index contributed by atoms with van der Waals surface area (Å²) in [5.74, 6) is -0.228. The van der Waals surface area contributed by atoms with Gasteiger partial charge in [0, 0.05) is 4.75 Å². The Morgan fingerprint density at radius 1 is 1.20 bits per heavy atom. The molecule has 1 aliphatic heterocycles. The molecule has 0 bridgehead atoms. The number of hydrogen-bond acceptors (Lipinski definition) is 4. The zero-order chi connectivity index (χ0) is 19.5. The van der Waals surface area contributed by atoms with Crippen LogP contribution in [0.3, 0.4) is 0 Å². The second-order valence-corrected chi connectivity index (χ2v) is 13.5. The summed E-state index contributed by atoms with van der Waals surface area (Å²) in [5, 5.41) is 0. The molecule has 6 heteroatoms. The van der Waals surface area contributed by atoms with Gasteiger partial charge in [-0.25, -0.2) is 0 Å². The zero-order valence-electron chi connectivity index (χ0n) is 16.9. The first kappa shape index (κ1) is 23.2. The van der Waals surface area contributed by atoms with Crippen LogP contribution in [0.4, 0.5) is 0 Å². The van der Waals surface area contributed by atoms with Crippen LogP contribution in [0.1, 0.15) is 60.8 Å². The van der Waals surface area contributed by atoms with Crippen LogP contribution in [0.2, 0.25) is 0 Å². The largest absolute Gasteiger partial charge is 0.460 e. The number of hydrogen-bond donors (Lipinski definition) is 0. The summed E-state index contributed by atoms with van der Waals surface area (Å²) in [5.41, 5.74) is -0.487. The maximum Gasteiger partial charge on any atom is 0.309 e. The van der Waals surface area contributed by atoms with Gasteiger partial charge in [0.25, 0.3) is 0 Å². The predicted molar refractivity (Wildman–Crippen MR) is 116 cm³/mol. The maximum atomic E-state index is 12.3. The highest BCUT2D eigenvalue weighted by atomic mass is 127. The molecule has 1 fully saturated rings. The molecule has 1 saturated heterocycles. The van der Waals surface area contributed by atoms with E-state index in [1.165, 1.54) is 0 Å². The van der Waals surface area contributed by atoms with E-state index in [4.69, 9.17) is 13.7 Å². The van der Waals surface area contributed by atoms with Crippen molar-refractivity contribution in [3.8, 4) is 0 Å². The summed E-state index contributed by atoms with van der Waals surface area (Å²) in [6.07, 6.45) is 8.15. The molecule has 3 atom stereocenters. The summed E-state index contributed by atoms with van der Waals surface area (Å²) >= 11 is 2.20. The summed E-state index contributed by atoms with van der Waals surface area (Å²) in [6, 6.07) is 0. The molecule has 0 N–H and O–H groups in total. The van der Waals surface area contributed by atoms with E-state index in [2.05, 4.69) is 55.9 Å². The normalized spacial score (nSPS) is 26.7. The molecule has 148 valence electrons. The van der Waals surface area contributed by atoms with Crippen LogP contribution < -0.4 is 0 Å². The molecule has 1 aliphatic rings. The second kappa shape index (κ2) is 8.93. The standard InChI is InChI=1S/C19H35IO4S/c1-18(2,3)23-17(21)13-16-15(10-9-14(22-16)11-12-20)24-25(7,8)19(4,5)6/h11-12,14-16H,9-10,13H2,1-8H3/b12-11+/t14-,15+,16-/m1/s1. The summed E-state index contributed by atoms with van der Waals surface area (Å²) in [4.78, 5) is 12.3. The minimum atomic E-state index is -1.28. The molecule has 1 rings (SSSR count). The van der Waals surface area contributed by atoms with Crippen LogP contribution >= 0.6 is 32.9 Å². The van der Waals surface area contributed by atoms with Gasteiger partial charge in [-0.3, -0.25) is 4.79 Å². The molecule has 0 aromatic carbocycles. The zero-order valence-corrected chi connectivity index (χ0v) is 19.9. The number of carbonyl (C=O) groups is 1. The summed E-state index contributed by atoms with van der Waals surface area (Å²) < 4.78 is 20.3. The lowest BCUT2D eigenvalue weighted by molar-refractivity contribution is -0.164. The van der Waals surface area contributed by atoms with Gasteiger partial charge in [-0.2, -0.15) is 0 Å². The molecular formula is C19H35IO4S. The lowest BCUT2D eigenvalue weighted by Gasteiger charge is -2.48. The summed E-state index contributed by atoms with van der Waals surface area (Å²) in [7, 11) is -1.28. The second-order valence-electron chi connectivity index (χ2n) is 8.88. The molecule has 0 amide bonds. The van der Waals surface area contributed by atoms with E-state index in [-0.39, 0.29) is 35.4 Å². The molecule has 4 nitrogen and oxygen atoms in total. The van der Waals surface area contributed by atoms with Gasteiger partial charge in [0.1, 0.15) is 5.60 Å². The average Bonchev–Trinajstić information content (AvgIpc) is 2.38. The molecule has 0 saturated carbocycles. The van der Waals surface area contributed by atoms with Crippen molar-refractivity contribution in [2.24, 2.45) is 0 Å². The van der Waals surface area contributed by atoms with Crippen molar-refractivity contribution in [1.29, 1.82) is 0 Å². The van der Waals surface area contributed by atoms with Crippen molar-refractivity contribution in [2.75, 3.05) is 12.5 Å². The number of carbonyl (C=O) groups excluding carboxylic acids is 1. The minimum Gasteiger partial charge on any atom is -0.460 e. The maximum absolute atomic E-state index is 12.3. The van der Waals surface area contributed by atoms with Crippen LogP contribution in [-0.4, -0.2) is 47.1 Å².